The van der Waals surface area contributed by atoms with Crippen LogP contribution >= 0.6 is 0 Å². The Morgan fingerprint density at radius 3 is 2.62 bits per heavy atom. The smallest absolute Gasteiger partial charge is 0.475 e. The van der Waals surface area contributed by atoms with Gasteiger partial charge in [-0.15, -0.1) is 0 Å². The summed E-state index contributed by atoms with van der Waals surface area (Å²) in [7, 11) is 1.51. The second-order valence-electron chi connectivity index (χ2n) is 7.91. The Labute approximate surface area is 183 Å². The van der Waals surface area contributed by atoms with E-state index in [9.17, 15) is 22.4 Å². The van der Waals surface area contributed by atoms with Crippen LogP contribution in [0.25, 0.3) is 0 Å². The van der Waals surface area contributed by atoms with Crippen LogP contribution in [0.3, 0.4) is 0 Å². The molecule has 0 radical (unpaired) electrons. The summed E-state index contributed by atoms with van der Waals surface area (Å²) in [5, 5.41) is 9.99. The molecule has 7 nitrogen and oxygen atoms in total. The normalized spacial score (nSPS) is 23.5. The molecule has 2 heterocycles. The van der Waals surface area contributed by atoms with Gasteiger partial charge < -0.3 is 19.9 Å². The summed E-state index contributed by atoms with van der Waals surface area (Å²) in [6, 6.07) is 6.95. The quantitative estimate of drug-likeness (QED) is 0.630. The first-order valence-corrected chi connectivity index (χ1v) is 10.2. The SMILES string of the molecule is COCC(=O)NC[C@H]1CCC[C@]2(CCN(Cc3ccccc3F)C2)O1.O=C(O)C(F)(F)F. The molecule has 32 heavy (non-hydrogen) atoms. The zero-order chi connectivity index (χ0) is 23.8. The van der Waals surface area contributed by atoms with E-state index < -0.39 is 12.1 Å². The number of carboxylic acids is 1. The highest BCUT2D eigenvalue weighted by Crippen LogP contribution is 2.37. The van der Waals surface area contributed by atoms with Crippen molar-refractivity contribution in [3.8, 4) is 0 Å². The predicted molar refractivity (Wildman–Crippen MR) is 106 cm³/mol. The number of methoxy groups -OCH3 is 1. The standard InChI is InChI=1S/C19H27FN2O3.C2HF3O2/c1-24-13-18(23)21-11-16-6-4-8-19(25-16)9-10-22(14-19)12-15-5-2-3-7-17(15)20;3-2(4,5)1(6)7/h2-3,5,7,16H,4,6,8-14H2,1H3,(H,21,23);(H,6,7)/t16-,19-;/m1./s1. The Morgan fingerprint density at radius 1 is 1.31 bits per heavy atom. The third-order valence-electron chi connectivity index (χ3n) is 5.37. The van der Waals surface area contributed by atoms with E-state index in [2.05, 4.69) is 10.2 Å². The lowest BCUT2D eigenvalue weighted by atomic mass is 9.90. The molecule has 1 aromatic rings. The number of nitrogens with one attached hydrogen (secondary N) is 1. The Kier molecular flexibility index (Phi) is 9.41. The Balaban J connectivity index is 0.000000451. The van der Waals surface area contributed by atoms with Gasteiger partial charge in [0.05, 0.1) is 11.7 Å². The van der Waals surface area contributed by atoms with Crippen molar-refractivity contribution >= 4 is 11.9 Å². The number of alkyl halides is 3. The van der Waals surface area contributed by atoms with E-state index in [1.807, 2.05) is 12.1 Å². The summed E-state index contributed by atoms with van der Waals surface area (Å²) in [4.78, 5) is 22.7. The van der Waals surface area contributed by atoms with Gasteiger partial charge in [0.1, 0.15) is 12.4 Å². The Bertz CT molecular complexity index is 777. The molecule has 2 N–H and O–H groups in total. The summed E-state index contributed by atoms with van der Waals surface area (Å²) in [5.74, 6) is -3.02. The number of hydrogen-bond donors (Lipinski definition) is 2. The van der Waals surface area contributed by atoms with Crippen molar-refractivity contribution in [2.24, 2.45) is 0 Å². The molecule has 0 unspecified atom stereocenters. The Hall–Kier alpha value is -2.24. The van der Waals surface area contributed by atoms with Gasteiger partial charge in [-0.05, 0) is 31.7 Å². The minimum absolute atomic E-state index is 0.0444. The average molecular weight is 464 g/mol. The van der Waals surface area contributed by atoms with Crippen molar-refractivity contribution in [2.45, 2.75) is 50.1 Å². The van der Waals surface area contributed by atoms with Crippen molar-refractivity contribution < 1.29 is 41.7 Å². The lowest BCUT2D eigenvalue weighted by Crippen LogP contribution is -2.47. The van der Waals surface area contributed by atoms with E-state index >= 15 is 0 Å². The summed E-state index contributed by atoms with van der Waals surface area (Å²) in [5.41, 5.74) is 0.582. The molecule has 2 aliphatic rings. The summed E-state index contributed by atoms with van der Waals surface area (Å²) in [6.45, 7) is 2.96. The minimum atomic E-state index is -5.08. The van der Waals surface area contributed by atoms with E-state index in [-0.39, 0.29) is 30.0 Å². The van der Waals surface area contributed by atoms with Crippen LogP contribution in [0.1, 0.15) is 31.2 Å². The number of benzene rings is 1. The topological polar surface area (TPSA) is 88.1 Å². The third-order valence-corrected chi connectivity index (χ3v) is 5.37. The number of likely N-dealkylation sites (tertiary alicyclic amines) is 1. The maximum Gasteiger partial charge on any atom is 0.490 e. The maximum atomic E-state index is 13.9. The van der Waals surface area contributed by atoms with Crippen LogP contribution in [0.5, 0.6) is 0 Å². The molecule has 0 saturated carbocycles. The van der Waals surface area contributed by atoms with Crippen molar-refractivity contribution in [1.29, 1.82) is 0 Å². The molecule has 1 amide bonds. The lowest BCUT2D eigenvalue weighted by molar-refractivity contribution is -0.192. The molecule has 2 aliphatic heterocycles. The molecular formula is C21H28F4N2O5. The molecule has 2 fully saturated rings. The van der Waals surface area contributed by atoms with Gasteiger partial charge >= 0.3 is 12.1 Å². The van der Waals surface area contributed by atoms with Crippen LogP contribution in [-0.4, -0.2) is 73.1 Å². The zero-order valence-electron chi connectivity index (χ0n) is 17.8. The molecule has 2 atom stereocenters. The Morgan fingerprint density at radius 2 is 2.00 bits per heavy atom. The number of hydrogen-bond acceptors (Lipinski definition) is 5. The van der Waals surface area contributed by atoms with Crippen molar-refractivity contribution in [1.82, 2.24) is 10.2 Å². The van der Waals surface area contributed by atoms with E-state index in [1.165, 1.54) is 13.2 Å². The average Bonchev–Trinajstić information content (AvgIpc) is 3.10. The number of carbonyl (C=O) groups excluding carboxylic acids is 1. The van der Waals surface area contributed by atoms with E-state index in [0.717, 1.165) is 44.3 Å². The van der Waals surface area contributed by atoms with Crippen molar-refractivity contribution in [3.05, 3.63) is 35.6 Å². The first-order valence-electron chi connectivity index (χ1n) is 10.2. The highest BCUT2D eigenvalue weighted by molar-refractivity contribution is 5.77. The number of carboxylic acid groups (broad SMARTS) is 1. The van der Waals surface area contributed by atoms with Gasteiger partial charge in [-0.3, -0.25) is 9.69 Å². The fraction of sp³-hybridized carbons (Fsp3) is 0.619. The van der Waals surface area contributed by atoms with Crippen LogP contribution in [0, 0.1) is 5.82 Å². The number of carbonyl (C=O) groups is 2. The minimum Gasteiger partial charge on any atom is -0.475 e. The number of amides is 1. The van der Waals surface area contributed by atoms with Gasteiger partial charge in [-0.25, -0.2) is 9.18 Å². The van der Waals surface area contributed by atoms with Gasteiger partial charge in [-0.2, -0.15) is 13.2 Å². The molecule has 11 heteroatoms. The molecule has 2 saturated heterocycles. The molecule has 1 spiro atoms. The largest absolute Gasteiger partial charge is 0.490 e. The first kappa shape index (κ1) is 26.0. The van der Waals surface area contributed by atoms with Gasteiger partial charge in [0, 0.05) is 38.9 Å². The predicted octanol–water partition coefficient (Wildman–Crippen LogP) is 2.74. The molecule has 1 aromatic carbocycles. The van der Waals surface area contributed by atoms with E-state index in [0.29, 0.717) is 13.1 Å². The molecule has 0 aromatic heterocycles. The van der Waals surface area contributed by atoms with Crippen LogP contribution in [0.2, 0.25) is 0 Å². The zero-order valence-corrected chi connectivity index (χ0v) is 17.8. The summed E-state index contributed by atoms with van der Waals surface area (Å²) < 4.78 is 56.8. The van der Waals surface area contributed by atoms with Crippen LogP contribution in [0.15, 0.2) is 24.3 Å². The number of halogens is 4. The summed E-state index contributed by atoms with van der Waals surface area (Å²) in [6.07, 6.45) is -0.989. The molecular weight excluding hydrogens is 436 g/mol. The van der Waals surface area contributed by atoms with Gasteiger partial charge in [0.15, 0.2) is 0 Å². The highest BCUT2D eigenvalue weighted by atomic mass is 19.4. The number of aliphatic carboxylic acids is 1. The monoisotopic (exact) mass is 464 g/mol. The van der Waals surface area contributed by atoms with Crippen LogP contribution in [0.4, 0.5) is 17.6 Å². The van der Waals surface area contributed by atoms with Crippen molar-refractivity contribution in [2.75, 3.05) is 33.4 Å². The molecule has 3 rings (SSSR count). The van der Waals surface area contributed by atoms with Gasteiger partial charge in [0.25, 0.3) is 0 Å². The number of rotatable bonds is 6. The van der Waals surface area contributed by atoms with Gasteiger partial charge in [-0.1, -0.05) is 18.2 Å². The fourth-order valence-electron chi connectivity index (χ4n) is 3.91. The number of nitrogens with zero attached hydrogens (tertiary/aromatic N) is 1. The third kappa shape index (κ3) is 8.03. The van der Waals surface area contributed by atoms with Crippen LogP contribution < -0.4 is 5.32 Å². The first-order chi connectivity index (χ1) is 15.0. The molecule has 0 bridgehead atoms. The van der Waals surface area contributed by atoms with Gasteiger partial charge in [0.2, 0.25) is 5.91 Å². The summed E-state index contributed by atoms with van der Waals surface area (Å²) >= 11 is 0. The second-order valence-corrected chi connectivity index (χ2v) is 7.91. The van der Waals surface area contributed by atoms with Crippen LogP contribution in [-0.2, 0) is 25.6 Å². The molecule has 180 valence electrons. The highest BCUT2D eigenvalue weighted by Gasteiger charge is 2.43. The van der Waals surface area contributed by atoms with E-state index in [4.69, 9.17) is 19.4 Å². The molecule has 0 aliphatic carbocycles. The fourth-order valence-corrected chi connectivity index (χ4v) is 3.91. The van der Waals surface area contributed by atoms with E-state index in [1.54, 1.807) is 6.07 Å². The lowest BCUT2D eigenvalue weighted by Gasteiger charge is -2.39. The maximum absolute atomic E-state index is 13.9. The second kappa shape index (κ2) is 11.6. The number of ether oxygens (including phenoxy) is 2. The van der Waals surface area contributed by atoms with Crippen molar-refractivity contribution in [3.63, 3.8) is 0 Å².